The van der Waals surface area contributed by atoms with Crippen LogP contribution < -0.4 is 5.73 Å². The summed E-state index contributed by atoms with van der Waals surface area (Å²) >= 11 is 0. The summed E-state index contributed by atoms with van der Waals surface area (Å²) in [4.78, 5) is 0. The van der Waals surface area contributed by atoms with Gasteiger partial charge in [-0.2, -0.15) is 0 Å². The quantitative estimate of drug-likeness (QED) is 0.733. The van der Waals surface area contributed by atoms with Gasteiger partial charge in [0.2, 0.25) is 0 Å². The van der Waals surface area contributed by atoms with Crippen LogP contribution in [-0.4, -0.2) is 0 Å². The Bertz CT molecular complexity index is 463. The van der Waals surface area contributed by atoms with Crippen LogP contribution in [0.25, 0.3) is 10.8 Å². The Morgan fingerprint density at radius 2 is 1.71 bits per heavy atom. The van der Waals surface area contributed by atoms with Gasteiger partial charge in [0.25, 0.3) is 0 Å². The molecule has 14 heavy (non-hydrogen) atoms. The molecule has 0 fully saturated rings. The first-order valence-electron chi connectivity index (χ1n) is 4.62. The number of halogens is 1. The molecule has 1 nitrogen and oxygen atoms in total. The first-order valence-corrected chi connectivity index (χ1v) is 4.62. The second-order valence-electron chi connectivity index (χ2n) is 3.51. The van der Waals surface area contributed by atoms with E-state index in [4.69, 9.17) is 5.73 Å². The van der Waals surface area contributed by atoms with Gasteiger partial charge in [0.05, 0.1) is 0 Å². The second-order valence-corrected chi connectivity index (χ2v) is 3.51. The molecule has 0 bridgehead atoms. The van der Waals surface area contributed by atoms with Crippen LogP contribution in [0.3, 0.4) is 0 Å². The lowest BCUT2D eigenvalue weighted by Gasteiger charge is -2.08. The van der Waals surface area contributed by atoms with E-state index in [9.17, 15) is 4.39 Å². The Balaban J connectivity index is 2.71. The summed E-state index contributed by atoms with van der Waals surface area (Å²) in [6, 6.07) is 10.8. The van der Waals surface area contributed by atoms with Gasteiger partial charge in [-0.15, -0.1) is 0 Å². The maximum atomic E-state index is 13.5. The number of hydrogen-bond donors (Lipinski definition) is 1. The van der Waals surface area contributed by atoms with Gasteiger partial charge < -0.3 is 5.73 Å². The topological polar surface area (TPSA) is 26.0 Å². The van der Waals surface area contributed by atoms with Crippen molar-refractivity contribution in [2.24, 2.45) is 5.73 Å². The molecular formula is C12H12FN. The molecule has 0 aromatic heterocycles. The fourth-order valence-corrected chi connectivity index (χ4v) is 1.58. The SMILES string of the molecule is C[C@H](N)c1cc2ccccc2cc1F. The zero-order chi connectivity index (χ0) is 10.1. The first kappa shape index (κ1) is 9.16. The fraction of sp³-hybridized carbons (Fsp3) is 0.167. The molecule has 0 saturated heterocycles. The summed E-state index contributed by atoms with van der Waals surface area (Å²) in [5, 5.41) is 1.94. The number of nitrogens with two attached hydrogens (primary N) is 1. The van der Waals surface area contributed by atoms with E-state index in [1.54, 1.807) is 6.92 Å². The summed E-state index contributed by atoms with van der Waals surface area (Å²) < 4.78 is 13.5. The van der Waals surface area contributed by atoms with E-state index in [0.717, 1.165) is 10.8 Å². The molecule has 0 radical (unpaired) electrons. The van der Waals surface area contributed by atoms with Crippen molar-refractivity contribution in [3.8, 4) is 0 Å². The average Bonchev–Trinajstić information content (AvgIpc) is 2.16. The molecule has 0 amide bonds. The standard InChI is InChI=1S/C12H12FN/c1-8(14)11-6-9-4-2-3-5-10(9)7-12(11)13/h2-8H,14H2,1H3/t8-/m0/s1. The monoisotopic (exact) mass is 189 g/mol. The molecule has 1 atom stereocenters. The van der Waals surface area contributed by atoms with Gasteiger partial charge in [-0.3, -0.25) is 0 Å². The molecule has 2 aromatic carbocycles. The number of rotatable bonds is 1. The van der Waals surface area contributed by atoms with Crippen LogP contribution in [0.1, 0.15) is 18.5 Å². The van der Waals surface area contributed by atoms with E-state index in [1.807, 2.05) is 30.3 Å². The first-order chi connectivity index (χ1) is 6.68. The molecule has 2 rings (SSSR count). The van der Waals surface area contributed by atoms with Crippen molar-refractivity contribution >= 4 is 10.8 Å². The highest BCUT2D eigenvalue weighted by molar-refractivity contribution is 5.83. The minimum atomic E-state index is -0.264. The Hall–Kier alpha value is -1.41. The van der Waals surface area contributed by atoms with Gasteiger partial charge in [0.1, 0.15) is 5.82 Å². The summed E-state index contributed by atoms with van der Waals surface area (Å²) in [5.41, 5.74) is 6.24. The van der Waals surface area contributed by atoms with Gasteiger partial charge in [0.15, 0.2) is 0 Å². The van der Waals surface area contributed by atoms with Crippen LogP contribution in [-0.2, 0) is 0 Å². The van der Waals surface area contributed by atoms with E-state index in [1.165, 1.54) is 6.07 Å². The van der Waals surface area contributed by atoms with Crippen LogP contribution >= 0.6 is 0 Å². The molecule has 0 aliphatic heterocycles. The van der Waals surface area contributed by atoms with E-state index in [-0.39, 0.29) is 11.9 Å². The van der Waals surface area contributed by atoms with Gasteiger partial charge in [0, 0.05) is 11.6 Å². The molecule has 0 aliphatic rings. The van der Waals surface area contributed by atoms with Gasteiger partial charge in [-0.25, -0.2) is 4.39 Å². The Morgan fingerprint density at radius 1 is 1.14 bits per heavy atom. The minimum absolute atomic E-state index is 0.223. The number of benzene rings is 2. The lowest BCUT2D eigenvalue weighted by molar-refractivity contribution is 0.596. The molecule has 0 heterocycles. The molecule has 0 aliphatic carbocycles. The lowest BCUT2D eigenvalue weighted by atomic mass is 10.0. The number of hydrogen-bond acceptors (Lipinski definition) is 1. The Kier molecular flexibility index (Phi) is 2.22. The maximum Gasteiger partial charge on any atom is 0.128 e. The van der Waals surface area contributed by atoms with Gasteiger partial charge >= 0.3 is 0 Å². The van der Waals surface area contributed by atoms with Crippen molar-refractivity contribution in [2.75, 3.05) is 0 Å². The van der Waals surface area contributed by atoms with Crippen LogP contribution in [0, 0.1) is 5.82 Å². The largest absolute Gasteiger partial charge is 0.324 e. The molecule has 2 N–H and O–H groups in total. The molecule has 2 aromatic rings. The third-order valence-corrected chi connectivity index (χ3v) is 2.36. The van der Waals surface area contributed by atoms with E-state index < -0.39 is 0 Å². The smallest absolute Gasteiger partial charge is 0.128 e. The normalized spacial score (nSPS) is 13.1. The van der Waals surface area contributed by atoms with E-state index in [0.29, 0.717) is 5.56 Å². The number of fused-ring (bicyclic) bond motifs is 1. The molecular weight excluding hydrogens is 177 g/mol. The van der Waals surface area contributed by atoms with Crippen LogP contribution in [0.2, 0.25) is 0 Å². The summed E-state index contributed by atoms with van der Waals surface area (Å²) in [6.45, 7) is 1.78. The predicted octanol–water partition coefficient (Wildman–Crippen LogP) is 3.00. The second kappa shape index (κ2) is 3.39. The van der Waals surface area contributed by atoms with Crippen LogP contribution in [0.5, 0.6) is 0 Å². The highest BCUT2D eigenvalue weighted by Crippen LogP contribution is 2.22. The van der Waals surface area contributed by atoms with Crippen molar-refractivity contribution in [1.29, 1.82) is 0 Å². The summed E-state index contributed by atoms with van der Waals surface area (Å²) in [5.74, 6) is -0.223. The molecule has 72 valence electrons. The fourth-order valence-electron chi connectivity index (χ4n) is 1.58. The third kappa shape index (κ3) is 1.49. The third-order valence-electron chi connectivity index (χ3n) is 2.36. The molecule has 2 heteroatoms. The van der Waals surface area contributed by atoms with Crippen molar-refractivity contribution in [3.05, 3.63) is 47.8 Å². The highest BCUT2D eigenvalue weighted by Gasteiger charge is 2.07. The van der Waals surface area contributed by atoms with Crippen molar-refractivity contribution in [2.45, 2.75) is 13.0 Å². The highest BCUT2D eigenvalue weighted by atomic mass is 19.1. The lowest BCUT2D eigenvalue weighted by Crippen LogP contribution is -2.07. The summed E-state index contributed by atoms with van der Waals surface area (Å²) in [6.07, 6.45) is 0. The predicted molar refractivity (Wildman–Crippen MR) is 56.5 cm³/mol. The van der Waals surface area contributed by atoms with Crippen LogP contribution in [0.15, 0.2) is 36.4 Å². The zero-order valence-corrected chi connectivity index (χ0v) is 8.00. The van der Waals surface area contributed by atoms with Crippen molar-refractivity contribution in [1.82, 2.24) is 0 Å². The Morgan fingerprint density at radius 3 is 2.29 bits per heavy atom. The molecule has 0 unspecified atom stereocenters. The van der Waals surface area contributed by atoms with E-state index in [2.05, 4.69) is 0 Å². The van der Waals surface area contributed by atoms with Crippen molar-refractivity contribution < 1.29 is 4.39 Å². The average molecular weight is 189 g/mol. The van der Waals surface area contributed by atoms with E-state index >= 15 is 0 Å². The summed E-state index contributed by atoms with van der Waals surface area (Å²) in [7, 11) is 0. The molecule has 0 saturated carbocycles. The van der Waals surface area contributed by atoms with Gasteiger partial charge in [-0.05, 0) is 29.8 Å². The van der Waals surface area contributed by atoms with Crippen molar-refractivity contribution in [3.63, 3.8) is 0 Å². The van der Waals surface area contributed by atoms with Crippen LogP contribution in [0.4, 0.5) is 4.39 Å². The minimum Gasteiger partial charge on any atom is -0.324 e. The maximum absolute atomic E-state index is 13.5. The molecule has 0 spiro atoms. The Labute approximate surface area is 82.3 Å². The zero-order valence-electron chi connectivity index (χ0n) is 8.00. The van der Waals surface area contributed by atoms with Gasteiger partial charge in [-0.1, -0.05) is 24.3 Å².